The van der Waals surface area contributed by atoms with E-state index >= 15 is 0 Å². The number of nitrogens with one attached hydrogen (secondary N) is 2. The van der Waals surface area contributed by atoms with Crippen LogP contribution in [0, 0.1) is 5.53 Å². The molecule has 0 fully saturated rings. The molecule has 2 aromatic rings. The number of aliphatic imine (C=N–C) groups is 1. The van der Waals surface area contributed by atoms with Gasteiger partial charge in [-0.15, -0.1) is 5.10 Å². The van der Waals surface area contributed by atoms with Gasteiger partial charge in [0, 0.05) is 11.8 Å². The minimum atomic E-state index is -0.972. The SMILES string of the molecule is C=Nc1nc(OC)c2c(C3=CC(NC(CF)CF)C(C)(N=N)C=C3)ccn2n1. The minimum Gasteiger partial charge on any atom is -0.479 e. The Balaban J connectivity index is 2.09. The molecule has 0 saturated heterocycles. The van der Waals surface area contributed by atoms with Crippen molar-refractivity contribution < 1.29 is 13.5 Å². The summed E-state index contributed by atoms with van der Waals surface area (Å²) in [5, 5.41) is 10.8. The molecule has 0 aliphatic heterocycles. The van der Waals surface area contributed by atoms with Gasteiger partial charge in [-0.3, -0.25) is 0 Å². The van der Waals surface area contributed by atoms with Crippen molar-refractivity contribution in [3.63, 3.8) is 0 Å². The molecule has 1 aliphatic carbocycles. The fourth-order valence-corrected chi connectivity index (χ4v) is 3.08. The van der Waals surface area contributed by atoms with Crippen LogP contribution in [0.4, 0.5) is 14.7 Å². The average Bonchev–Trinajstić information content (AvgIpc) is 3.16. The maximum atomic E-state index is 13.0. The van der Waals surface area contributed by atoms with Crippen LogP contribution in [0.25, 0.3) is 11.1 Å². The zero-order chi connectivity index (χ0) is 20.3. The maximum Gasteiger partial charge on any atom is 0.269 e. The number of ether oxygens (including phenoxy) is 1. The lowest BCUT2D eigenvalue weighted by Gasteiger charge is -2.34. The molecule has 8 nitrogen and oxygen atoms in total. The molecule has 0 saturated carbocycles. The Morgan fingerprint density at radius 1 is 1.46 bits per heavy atom. The van der Waals surface area contributed by atoms with Gasteiger partial charge in [0.05, 0.1) is 19.2 Å². The van der Waals surface area contributed by atoms with Gasteiger partial charge >= 0.3 is 0 Å². The zero-order valence-corrected chi connectivity index (χ0v) is 15.6. The highest BCUT2D eigenvalue weighted by molar-refractivity contribution is 5.87. The lowest BCUT2D eigenvalue weighted by molar-refractivity contribution is 0.272. The summed E-state index contributed by atoms with van der Waals surface area (Å²) in [5.41, 5.74) is 8.70. The van der Waals surface area contributed by atoms with Crippen LogP contribution in [0.15, 0.2) is 40.6 Å². The molecule has 2 N–H and O–H groups in total. The normalized spacial score (nSPS) is 21.8. The Bertz CT molecular complexity index is 951. The lowest BCUT2D eigenvalue weighted by Crippen LogP contribution is -2.51. The second-order valence-electron chi connectivity index (χ2n) is 6.54. The first kappa shape index (κ1) is 19.7. The predicted octanol–water partition coefficient (Wildman–Crippen LogP) is 3.08. The van der Waals surface area contributed by atoms with Crippen molar-refractivity contribution in [3.8, 4) is 5.88 Å². The van der Waals surface area contributed by atoms with Crippen molar-refractivity contribution >= 4 is 23.8 Å². The first-order chi connectivity index (χ1) is 13.5. The van der Waals surface area contributed by atoms with Crippen LogP contribution in [0.2, 0.25) is 0 Å². The van der Waals surface area contributed by atoms with E-state index in [1.165, 1.54) is 7.11 Å². The van der Waals surface area contributed by atoms with Gasteiger partial charge in [-0.05, 0) is 25.3 Å². The molecule has 2 heterocycles. The molecule has 3 rings (SSSR count). The van der Waals surface area contributed by atoms with Gasteiger partial charge in [0.15, 0.2) is 0 Å². The lowest BCUT2D eigenvalue weighted by atomic mass is 9.84. The van der Waals surface area contributed by atoms with Crippen LogP contribution < -0.4 is 10.1 Å². The number of hydrogen-bond donors (Lipinski definition) is 2. The Kier molecular flexibility index (Phi) is 5.59. The van der Waals surface area contributed by atoms with Crippen molar-refractivity contribution in [2.45, 2.75) is 24.5 Å². The third-order valence-corrected chi connectivity index (χ3v) is 4.72. The molecule has 0 aromatic carbocycles. The molecule has 2 aromatic heterocycles. The average molecular weight is 389 g/mol. The van der Waals surface area contributed by atoms with Crippen LogP contribution in [0.3, 0.4) is 0 Å². The summed E-state index contributed by atoms with van der Waals surface area (Å²) in [5.74, 6) is 0.494. The molecule has 0 bridgehead atoms. The molecule has 0 radical (unpaired) electrons. The second kappa shape index (κ2) is 7.93. The molecule has 0 spiro atoms. The van der Waals surface area contributed by atoms with Gasteiger partial charge in [0.25, 0.3) is 5.95 Å². The number of methoxy groups -OCH3 is 1. The third-order valence-electron chi connectivity index (χ3n) is 4.72. The van der Waals surface area contributed by atoms with Gasteiger partial charge in [-0.2, -0.15) is 10.1 Å². The number of allylic oxidation sites excluding steroid dienone is 2. The van der Waals surface area contributed by atoms with E-state index in [1.807, 2.05) is 12.1 Å². The van der Waals surface area contributed by atoms with E-state index in [4.69, 9.17) is 10.3 Å². The fraction of sp³-hybridized carbons (Fsp3) is 0.389. The largest absolute Gasteiger partial charge is 0.479 e. The molecule has 2 atom stereocenters. The standard InChI is InChI=1S/C18H21F2N7O/c1-18(26-21)6-4-11(8-14(18)23-12(9-19)10-20)13-5-7-27-15(13)16(28-3)24-17(22-2)25-27/h4-8,12,14,21,23H,2,9-10H2,1,3H3. The summed E-state index contributed by atoms with van der Waals surface area (Å²) in [4.78, 5) is 7.94. The molecular formula is C18H21F2N7O. The molecule has 0 amide bonds. The van der Waals surface area contributed by atoms with E-state index in [0.717, 1.165) is 11.1 Å². The first-order valence-corrected chi connectivity index (χ1v) is 8.57. The van der Waals surface area contributed by atoms with E-state index in [-0.39, 0.29) is 5.95 Å². The smallest absolute Gasteiger partial charge is 0.269 e. The van der Waals surface area contributed by atoms with Crippen LogP contribution in [-0.2, 0) is 0 Å². The van der Waals surface area contributed by atoms with Gasteiger partial charge in [-0.1, -0.05) is 18.2 Å². The zero-order valence-electron chi connectivity index (χ0n) is 15.6. The number of nitrogens with zero attached hydrogens (tertiary/aromatic N) is 5. The number of fused-ring (bicyclic) bond motifs is 1. The van der Waals surface area contributed by atoms with Crippen molar-refractivity contribution in [2.24, 2.45) is 10.1 Å². The van der Waals surface area contributed by atoms with Gasteiger partial charge in [0.2, 0.25) is 5.88 Å². The van der Waals surface area contributed by atoms with Gasteiger partial charge < -0.3 is 10.1 Å². The Labute approximate surface area is 160 Å². The van der Waals surface area contributed by atoms with Crippen molar-refractivity contribution in [3.05, 3.63) is 36.1 Å². The van der Waals surface area contributed by atoms with Gasteiger partial charge in [-0.25, -0.2) is 23.8 Å². The summed E-state index contributed by atoms with van der Waals surface area (Å²) >= 11 is 0. The first-order valence-electron chi connectivity index (χ1n) is 8.57. The summed E-state index contributed by atoms with van der Waals surface area (Å²) in [6.07, 6.45) is 7.07. The number of halogens is 2. The van der Waals surface area contributed by atoms with E-state index < -0.39 is 31.0 Å². The van der Waals surface area contributed by atoms with Crippen LogP contribution in [-0.4, -0.2) is 59.4 Å². The third kappa shape index (κ3) is 3.42. The van der Waals surface area contributed by atoms with Crippen LogP contribution in [0.1, 0.15) is 12.5 Å². The second-order valence-corrected chi connectivity index (χ2v) is 6.54. The summed E-state index contributed by atoms with van der Waals surface area (Å²) in [6.45, 7) is 3.43. The highest BCUT2D eigenvalue weighted by atomic mass is 19.1. The summed E-state index contributed by atoms with van der Waals surface area (Å²) in [7, 11) is 1.49. The highest BCUT2D eigenvalue weighted by Gasteiger charge is 2.35. The quantitative estimate of drug-likeness (QED) is 0.535. The van der Waals surface area contributed by atoms with Gasteiger partial charge in [0.1, 0.15) is 24.4 Å². The molecular weight excluding hydrogens is 368 g/mol. The van der Waals surface area contributed by atoms with E-state index in [1.54, 1.807) is 29.8 Å². The molecule has 10 heteroatoms. The molecule has 148 valence electrons. The summed E-state index contributed by atoms with van der Waals surface area (Å²) < 4.78 is 33.1. The molecule has 1 aliphatic rings. The topological polar surface area (TPSA) is 100 Å². The van der Waals surface area contributed by atoms with Crippen molar-refractivity contribution in [2.75, 3.05) is 20.5 Å². The monoisotopic (exact) mass is 389 g/mol. The number of rotatable bonds is 8. The minimum absolute atomic E-state index is 0.175. The highest BCUT2D eigenvalue weighted by Crippen LogP contribution is 2.34. The summed E-state index contributed by atoms with van der Waals surface area (Å²) in [6, 6.07) is 0.284. The Morgan fingerprint density at radius 3 is 2.82 bits per heavy atom. The predicted molar refractivity (Wildman–Crippen MR) is 102 cm³/mol. The number of hydrogen-bond acceptors (Lipinski definition) is 7. The van der Waals surface area contributed by atoms with Crippen molar-refractivity contribution in [1.82, 2.24) is 19.9 Å². The fourth-order valence-electron chi connectivity index (χ4n) is 3.08. The Morgan fingerprint density at radius 2 is 2.21 bits per heavy atom. The van der Waals surface area contributed by atoms with Crippen LogP contribution in [0.5, 0.6) is 5.88 Å². The Hall–Kier alpha value is -3.01. The van der Waals surface area contributed by atoms with Crippen LogP contribution >= 0.6 is 0 Å². The molecule has 2 unspecified atom stereocenters. The maximum absolute atomic E-state index is 13.0. The molecule has 28 heavy (non-hydrogen) atoms. The van der Waals surface area contributed by atoms with E-state index in [2.05, 4.69) is 32.2 Å². The number of alkyl halides is 2. The van der Waals surface area contributed by atoms with E-state index in [0.29, 0.717) is 11.4 Å². The van der Waals surface area contributed by atoms with Crippen molar-refractivity contribution in [1.29, 1.82) is 5.53 Å². The van der Waals surface area contributed by atoms with E-state index in [9.17, 15) is 8.78 Å². The number of aromatic nitrogens is 3.